The van der Waals surface area contributed by atoms with E-state index in [9.17, 15) is 4.91 Å². The van der Waals surface area contributed by atoms with Crippen molar-refractivity contribution in [2.75, 3.05) is 20.3 Å². The first kappa shape index (κ1) is 12.9. The summed E-state index contributed by atoms with van der Waals surface area (Å²) in [4.78, 5) is 9.90. The topological polar surface area (TPSA) is 47.9 Å². The molecule has 1 aliphatic rings. The van der Waals surface area contributed by atoms with Crippen molar-refractivity contribution in [2.45, 2.75) is 32.3 Å². The van der Waals surface area contributed by atoms with Crippen LogP contribution in [-0.2, 0) is 9.47 Å². The summed E-state index contributed by atoms with van der Waals surface area (Å²) >= 11 is 0. The molecule has 0 aromatic rings. The van der Waals surface area contributed by atoms with E-state index in [2.05, 4.69) is 17.3 Å². The van der Waals surface area contributed by atoms with Gasteiger partial charge < -0.3 is 9.47 Å². The molecule has 1 rings (SSSR count). The van der Waals surface area contributed by atoms with Gasteiger partial charge in [-0.2, -0.15) is 4.91 Å². The van der Waals surface area contributed by atoms with E-state index in [1.165, 1.54) is 0 Å². The Morgan fingerprint density at radius 3 is 3.06 bits per heavy atom. The molecule has 0 spiro atoms. The molecule has 1 unspecified atom stereocenters. The van der Waals surface area contributed by atoms with Crippen molar-refractivity contribution in [2.24, 2.45) is 5.18 Å². The Morgan fingerprint density at radius 2 is 2.38 bits per heavy atom. The van der Waals surface area contributed by atoms with Gasteiger partial charge in [-0.15, -0.1) is 0 Å². The molecule has 4 nitrogen and oxygen atoms in total. The van der Waals surface area contributed by atoms with Crippen LogP contribution in [0.1, 0.15) is 26.2 Å². The van der Waals surface area contributed by atoms with Gasteiger partial charge in [0.25, 0.3) is 0 Å². The molecule has 0 fully saturated rings. The minimum absolute atomic E-state index is 0.0122. The standard InChI is InChI=1S/C12H19NO3/c1-10(16-9-5-8-13-14)11-6-3-4-7-12(11)15-2/h3,6,10H,4-5,7-9H2,1-2H3. The molecule has 16 heavy (non-hydrogen) atoms. The van der Waals surface area contributed by atoms with Gasteiger partial charge in [0.2, 0.25) is 0 Å². The summed E-state index contributed by atoms with van der Waals surface area (Å²) in [6.45, 7) is 2.87. The van der Waals surface area contributed by atoms with Gasteiger partial charge in [-0.25, -0.2) is 0 Å². The average molecular weight is 225 g/mol. The van der Waals surface area contributed by atoms with Crippen LogP contribution in [0.25, 0.3) is 0 Å². The van der Waals surface area contributed by atoms with Gasteiger partial charge in [0.1, 0.15) is 5.76 Å². The minimum atomic E-state index is 0.0122. The van der Waals surface area contributed by atoms with Crippen LogP contribution < -0.4 is 0 Å². The van der Waals surface area contributed by atoms with E-state index in [-0.39, 0.29) is 6.10 Å². The van der Waals surface area contributed by atoms with Crippen molar-refractivity contribution in [3.8, 4) is 0 Å². The maximum atomic E-state index is 9.90. The normalized spacial score (nSPS) is 17.4. The van der Waals surface area contributed by atoms with E-state index >= 15 is 0 Å². The van der Waals surface area contributed by atoms with Crippen LogP contribution in [0, 0.1) is 4.91 Å². The highest BCUT2D eigenvalue weighted by molar-refractivity contribution is 5.29. The van der Waals surface area contributed by atoms with Gasteiger partial charge in [-0.3, -0.25) is 0 Å². The number of hydrogen-bond donors (Lipinski definition) is 0. The number of hydrogen-bond acceptors (Lipinski definition) is 4. The van der Waals surface area contributed by atoms with Gasteiger partial charge in [0, 0.05) is 18.6 Å². The summed E-state index contributed by atoms with van der Waals surface area (Å²) in [5.41, 5.74) is 1.10. The molecule has 0 N–H and O–H groups in total. The predicted molar refractivity (Wildman–Crippen MR) is 63.1 cm³/mol. The molecule has 0 aromatic carbocycles. The van der Waals surface area contributed by atoms with E-state index in [4.69, 9.17) is 9.47 Å². The number of ether oxygens (including phenoxy) is 2. The molecule has 0 saturated carbocycles. The largest absolute Gasteiger partial charge is 0.501 e. The smallest absolute Gasteiger partial charge is 0.102 e. The van der Waals surface area contributed by atoms with Crippen LogP contribution in [0.5, 0.6) is 0 Å². The van der Waals surface area contributed by atoms with Crippen molar-refractivity contribution in [3.05, 3.63) is 28.4 Å². The van der Waals surface area contributed by atoms with Crippen molar-refractivity contribution in [1.82, 2.24) is 0 Å². The zero-order valence-corrected chi connectivity index (χ0v) is 9.94. The number of methoxy groups -OCH3 is 1. The Kier molecular flexibility index (Phi) is 5.78. The quantitative estimate of drug-likeness (QED) is 0.494. The molecule has 0 saturated heterocycles. The SMILES string of the molecule is COC1=C(C(C)OCCCN=O)C=CCC1. The van der Waals surface area contributed by atoms with E-state index in [0.717, 1.165) is 24.2 Å². The monoisotopic (exact) mass is 225 g/mol. The second kappa shape index (κ2) is 7.17. The van der Waals surface area contributed by atoms with Crippen LogP contribution in [0.3, 0.4) is 0 Å². The van der Waals surface area contributed by atoms with Crippen molar-refractivity contribution in [3.63, 3.8) is 0 Å². The van der Waals surface area contributed by atoms with Gasteiger partial charge in [-0.1, -0.05) is 17.3 Å². The van der Waals surface area contributed by atoms with E-state index < -0.39 is 0 Å². The highest BCUT2D eigenvalue weighted by atomic mass is 16.5. The average Bonchev–Trinajstić information content (AvgIpc) is 2.34. The molecular weight excluding hydrogens is 206 g/mol. The zero-order valence-electron chi connectivity index (χ0n) is 9.94. The molecule has 0 heterocycles. The lowest BCUT2D eigenvalue weighted by Gasteiger charge is -2.20. The highest BCUT2D eigenvalue weighted by Crippen LogP contribution is 2.23. The molecule has 0 amide bonds. The maximum Gasteiger partial charge on any atom is 0.102 e. The summed E-state index contributed by atoms with van der Waals surface area (Å²) < 4.78 is 11.0. The van der Waals surface area contributed by atoms with Crippen LogP contribution in [0.15, 0.2) is 28.7 Å². The second-order valence-electron chi connectivity index (χ2n) is 3.74. The van der Waals surface area contributed by atoms with Crippen LogP contribution in [0.4, 0.5) is 0 Å². The summed E-state index contributed by atoms with van der Waals surface area (Å²) in [5.74, 6) is 1.00. The Labute approximate surface area is 96.3 Å². The molecule has 4 heteroatoms. The fraction of sp³-hybridized carbons (Fsp3) is 0.667. The summed E-state index contributed by atoms with van der Waals surface area (Å²) in [7, 11) is 1.69. The molecule has 0 aromatic heterocycles. The second-order valence-corrected chi connectivity index (χ2v) is 3.74. The molecule has 1 aliphatic carbocycles. The van der Waals surface area contributed by atoms with Crippen molar-refractivity contribution in [1.29, 1.82) is 0 Å². The first-order valence-corrected chi connectivity index (χ1v) is 5.64. The Hall–Kier alpha value is -1.16. The maximum absolute atomic E-state index is 9.90. The minimum Gasteiger partial charge on any atom is -0.501 e. The lowest BCUT2D eigenvalue weighted by Crippen LogP contribution is -2.15. The summed E-state index contributed by atoms with van der Waals surface area (Å²) in [6, 6.07) is 0. The molecule has 1 atom stereocenters. The van der Waals surface area contributed by atoms with Crippen molar-refractivity contribution < 1.29 is 9.47 Å². The first-order valence-electron chi connectivity index (χ1n) is 5.64. The number of nitroso groups, excluding NO2 is 1. The Morgan fingerprint density at radius 1 is 1.56 bits per heavy atom. The fourth-order valence-corrected chi connectivity index (χ4v) is 1.72. The Bertz CT molecular complexity index is 284. The van der Waals surface area contributed by atoms with Gasteiger partial charge in [0.05, 0.1) is 19.8 Å². The van der Waals surface area contributed by atoms with Crippen molar-refractivity contribution >= 4 is 0 Å². The molecule has 0 aliphatic heterocycles. The van der Waals surface area contributed by atoms with E-state index in [1.807, 2.05) is 6.92 Å². The predicted octanol–water partition coefficient (Wildman–Crippen LogP) is 2.80. The Balaban J connectivity index is 2.44. The highest BCUT2D eigenvalue weighted by Gasteiger charge is 2.15. The third kappa shape index (κ3) is 3.77. The molecular formula is C12H19NO3. The van der Waals surface area contributed by atoms with Gasteiger partial charge >= 0.3 is 0 Å². The fourth-order valence-electron chi connectivity index (χ4n) is 1.72. The molecule has 0 bridgehead atoms. The third-order valence-electron chi connectivity index (χ3n) is 2.60. The molecule has 90 valence electrons. The van der Waals surface area contributed by atoms with E-state index in [1.54, 1.807) is 7.11 Å². The number of nitrogens with zero attached hydrogens (tertiary/aromatic N) is 1. The summed E-state index contributed by atoms with van der Waals surface area (Å²) in [6.07, 6.45) is 6.83. The lowest BCUT2D eigenvalue weighted by atomic mass is 10.0. The zero-order chi connectivity index (χ0) is 11.8. The molecule has 0 radical (unpaired) electrons. The van der Waals surface area contributed by atoms with Gasteiger partial charge in [-0.05, 0) is 19.8 Å². The first-order chi connectivity index (χ1) is 7.79. The lowest BCUT2D eigenvalue weighted by molar-refractivity contribution is 0.0863. The van der Waals surface area contributed by atoms with Crippen LogP contribution in [-0.4, -0.2) is 26.4 Å². The summed E-state index contributed by atoms with van der Waals surface area (Å²) in [5, 5.41) is 2.80. The van der Waals surface area contributed by atoms with E-state index in [0.29, 0.717) is 19.6 Å². The number of allylic oxidation sites excluding steroid dienone is 2. The number of rotatable bonds is 7. The third-order valence-corrected chi connectivity index (χ3v) is 2.60. The van der Waals surface area contributed by atoms with Crippen LogP contribution >= 0.6 is 0 Å². The van der Waals surface area contributed by atoms with Crippen LogP contribution in [0.2, 0.25) is 0 Å². The van der Waals surface area contributed by atoms with Gasteiger partial charge in [0.15, 0.2) is 0 Å².